The van der Waals surface area contributed by atoms with Gasteiger partial charge in [0.05, 0.1) is 13.2 Å². The molecule has 0 saturated carbocycles. The van der Waals surface area contributed by atoms with Crippen LogP contribution in [0.5, 0.6) is 0 Å². The number of amides is 3. The minimum absolute atomic E-state index is 0.0172. The van der Waals surface area contributed by atoms with Crippen LogP contribution >= 0.6 is 0 Å². The van der Waals surface area contributed by atoms with Crippen LogP contribution in [0.1, 0.15) is 43.0 Å². The van der Waals surface area contributed by atoms with Gasteiger partial charge in [-0.2, -0.15) is 0 Å². The Kier molecular flexibility index (Phi) is 7.03. The maximum Gasteiger partial charge on any atom is 0.253 e. The van der Waals surface area contributed by atoms with Gasteiger partial charge in [0.25, 0.3) is 5.91 Å². The van der Waals surface area contributed by atoms with Crippen LogP contribution in [0.3, 0.4) is 0 Å². The van der Waals surface area contributed by atoms with E-state index in [0.717, 1.165) is 25.8 Å². The summed E-state index contributed by atoms with van der Waals surface area (Å²) in [5, 5.41) is 2.71. The fraction of sp³-hybridized carbons (Fsp3) is 0.571. The molecule has 28 heavy (non-hydrogen) atoms. The molecule has 7 nitrogen and oxygen atoms in total. The highest BCUT2D eigenvalue weighted by atomic mass is 16.5. The SMILES string of the molecule is CC(=O)Nc1cccc(C(=O)N2CCC[C@H](CCC(=O)N3CCOCC3)C2)c1. The molecule has 0 aromatic heterocycles. The van der Waals surface area contributed by atoms with Gasteiger partial charge in [0.1, 0.15) is 0 Å². The zero-order valence-electron chi connectivity index (χ0n) is 16.5. The van der Waals surface area contributed by atoms with Crippen molar-refractivity contribution < 1.29 is 19.1 Å². The van der Waals surface area contributed by atoms with Gasteiger partial charge in [-0.05, 0) is 43.4 Å². The summed E-state index contributed by atoms with van der Waals surface area (Å²) in [7, 11) is 0. The fourth-order valence-electron chi connectivity index (χ4n) is 3.90. The molecule has 1 N–H and O–H groups in total. The first-order valence-corrected chi connectivity index (χ1v) is 10.1. The molecule has 2 fully saturated rings. The van der Waals surface area contributed by atoms with E-state index in [4.69, 9.17) is 4.74 Å². The quantitative estimate of drug-likeness (QED) is 0.840. The highest BCUT2D eigenvalue weighted by Crippen LogP contribution is 2.23. The van der Waals surface area contributed by atoms with Crippen LogP contribution in [0.25, 0.3) is 0 Å². The number of benzene rings is 1. The number of carbonyl (C=O) groups excluding carboxylic acids is 3. The van der Waals surface area contributed by atoms with Crippen LogP contribution in [0.15, 0.2) is 24.3 Å². The lowest BCUT2D eigenvalue weighted by Gasteiger charge is -2.33. The maximum atomic E-state index is 12.9. The minimum atomic E-state index is -0.160. The highest BCUT2D eigenvalue weighted by molar-refractivity contribution is 5.96. The first-order valence-electron chi connectivity index (χ1n) is 10.1. The molecule has 0 radical (unpaired) electrons. The number of nitrogens with zero attached hydrogens (tertiary/aromatic N) is 2. The lowest BCUT2D eigenvalue weighted by atomic mass is 9.92. The summed E-state index contributed by atoms with van der Waals surface area (Å²) in [6.45, 7) is 5.46. The average molecular weight is 387 g/mol. The number of morpholine rings is 1. The lowest BCUT2D eigenvalue weighted by Crippen LogP contribution is -2.42. The molecular formula is C21H29N3O4. The molecule has 2 aliphatic heterocycles. The maximum absolute atomic E-state index is 12.9. The second-order valence-corrected chi connectivity index (χ2v) is 7.55. The number of ether oxygens (including phenoxy) is 1. The molecular weight excluding hydrogens is 358 g/mol. The number of hydrogen-bond donors (Lipinski definition) is 1. The smallest absolute Gasteiger partial charge is 0.253 e. The highest BCUT2D eigenvalue weighted by Gasteiger charge is 2.26. The van der Waals surface area contributed by atoms with Crippen molar-refractivity contribution >= 4 is 23.4 Å². The first kappa shape index (κ1) is 20.3. The molecule has 0 spiro atoms. The molecule has 2 heterocycles. The molecule has 0 unspecified atom stereocenters. The van der Waals surface area contributed by atoms with Gasteiger partial charge in [-0.3, -0.25) is 14.4 Å². The molecule has 0 bridgehead atoms. The predicted octanol–water partition coefficient (Wildman–Crippen LogP) is 2.14. The van der Waals surface area contributed by atoms with Crippen molar-refractivity contribution in [2.75, 3.05) is 44.7 Å². The van der Waals surface area contributed by atoms with Gasteiger partial charge in [-0.15, -0.1) is 0 Å². The van der Waals surface area contributed by atoms with Gasteiger partial charge in [-0.25, -0.2) is 0 Å². The Labute approximate surface area is 166 Å². The molecule has 152 valence electrons. The van der Waals surface area contributed by atoms with E-state index in [-0.39, 0.29) is 17.7 Å². The molecule has 1 aromatic rings. The molecule has 0 aliphatic carbocycles. The van der Waals surface area contributed by atoms with Crippen molar-refractivity contribution in [2.24, 2.45) is 5.92 Å². The third-order valence-corrected chi connectivity index (χ3v) is 5.37. The second-order valence-electron chi connectivity index (χ2n) is 7.55. The van der Waals surface area contributed by atoms with E-state index < -0.39 is 0 Å². The standard InChI is InChI=1S/C21H29N3O4/c1-16(25)22-19-6-2-5-18(14-19)21(27)24-9-3-4-17(15-24)7-8-20(26)23-10-12-28-13-11-23/h2,5-6,14,17H,3-4,7-13,15H2,1H3,(H,22,25)/t17-/m1/s1. The van der Waals surface area contributed by atoms with Crippen molar-refractivity contribution in [1.29, 1.82) is 0 Å². The molecule has 2 aliphatic rings. The predicted molar refractivity (Wildman–Crippen MR) is 106 cm³/mol. The number of nitrogens with one attached hydrogen (secondary N) is 1. The van der Waals surface area contributed by atoms with Gasteiger partial charge in [0, 0.05) is 50.8 Å². The normalized spacial score (nSPS) is 20.0. The van der Waals surface area contributed by atoms with Gasteiger partial charge in [-0.1, -0.05) is 6.07 Å². The molecule has 3 rings (SSSR count). The summed E-state index contributed by atoms with van der Waals surface area (Å²) >= 11 is 0. The van der Waals surface area contributed by atoms with Gasteiger partial charge < -0.3 is 19.9 Å². The average Bonchev–Trinajstić information content (AvgIpc) is 2.72. The molecule has 1 atom stereocenters. The Morgan fingerprint density at radius 2 is 1.93 bits per heavy atom. The Bertz CT molecular complexity index is 715. The number of likely N-dealkylation sites (tertiary alicyclic amines) is 1. The summed E-state index contributed by atoms with van der Waals surface area (Å²) in [5.41, 5.74) is 1.21. The van der Waals surface area contributed by atoms with Crippen LogP contribution in [0, 0.1) is 5.92 Å². The topological polar surface area (TPSA) is 79.0 Å². The third-order valence-electron chi connectivity index (χ3n) is 5.37. The summed E-state index contributed by atoms with van der Waals surface area (Å²) in [6, 6.07) is 7.05. The Hall–Kier alpha value is -2.41. The largest absolute Gasteiger partial charge is 0.378 e. The van der Waals surface area contributed by atoms with E-state index in [1.807, 2.05) is 9.80 Å². The Morgan fingerprint density at radius 1 is 1.14 bits per heavy atom. The van der Waals surface area contributed by atoms with Crippen molar-refractivity contribution in [3.63, 3.8) is 0 Å². The van der Waals surface area contributed by atoms with Crippen LogP contribution in [0.2, 0.25) is 0 Å². The van der Waals surface area contributed by atoms with E-state index in [1.165, 1.54) is 6.92 Å². The van der Waals surface area contributed by atoms with Crippen LogP contribution in [-0.4, -0.2) is 66.9 Å². The summed E-state index contributed by atoms with van der Waals surface area (Å²) < 4.78 is 5.30. The molecule has 3 amide bonds. The van der Waals surface area contributed by atoms with Crippen LogP contribution in [-0.2, 0) is 14.3 Å². The minimum Gasteiger partial charge on any atom is -0.378 e. The zero-order valence-corrected chi connectivity index (χ0v) is 16.5. The van der Waals surface area contributed by atoms with Crippen molar-refractivity contribution in [3.8, 4) is 0 Å². The Balaban J connectivity index is 1.53. The number of anilines is 1. The number of rotatable bonds is 5. The van der Waals surface area contributed by atoms with Crippen molar-refractivity contribution in [1.82, 2.24) is 9.80 Å². The van der Waals surface area contributed by atoms with Gasteiger partial charge in [0.2, 0.25) is 11.8 Å². The summed E-state index contributed by atoms with van der Waals surface area (Å²) in [4.78, 5) is 40.2. The van der Waals surface area contributed by atoms with E-state index in [1.54, 1.807) is 24.3 Å². The monoisotopic (exact) mass is 387 g/mol. The van der Waals surface area contributed by atoms with Gasteiger partial charge >= 0.3 is 0 Å². The molecule has 1 aromatic carbocycles. The van der Waals surface area contributed by atoms with Crippen molar-refractivity contribution in [2.45, 2.75) is 32.6 Å². The third kappa shape index (κ3) is 5.55. The summed E-state index contributed by atoms with van der Waals surface area (Å²) in [5.74, 6) is 0.361. The van der Waals surface area contributed by atoms with E-state index in [2.05, 4.69) is 5.32 Å². The number of carbonyl (C=O) groups is 3. The second kappa shape index (κ2) is 9.68. The lowest BCUT2D eigenvalue weighted by molar-refractivity contribution is -0.135. The fourth-order valence-corrected chi connectivity index (χ4v) is 3.90. The first-order chi connectivity index (χ1) is 13.5. The van der Waals surface area contributed by atoms with Crippen LogP contribution < -0.4 is 5.32 Å². The Morgan fingerprint density at radius 3 is 2.68 bits per heavy atom. The van der Waals surface area contributed by atoms with E-state index >= 15 is 0 Å². The van der Waals surface area contributed by atoms with Crippen molar-refractivity contribution in [3.05, 3.63) is 29.8 Å². The number of piperidine rings is 1. The zero-order chi connectivity index (χ0) is 19.9. The van der Waals surface area contributed by atoms with E-state index in [0.29, 0.717) is 56.4 Å². The number of hydrogen-bond acceptors (Lipinski definition) is 4. The summed E-state index contributed by atoms with van der Waals surface area (Å²) in [6.07, 6.45) is 3.34. The van der Waals surface area contributed by atoms with Crippen LogP contribution in [0.4, 0.5) is 5.69 Å². The van der Waals surface area contributed by atoms with E-state index in [9.17, 15) is 14.4 Å². The molecule has 7 heteroatoms. The molecule has 2 saturated heterocycles. The van der Waals surface area contributed by atoms with Gasteiger partial charge in [0.15, 0.2) is 0 Å².